The van der Waals surface area contributed by atoms with Gasteiger partial charge < -0.3 is 14.6 Å². The zero-order valence-corrected chi connectivity index (χ0v) is 11.3. The van der Waals surface area contributed by atoms with Gasteiger partial charge in [0, 0.05) is 30.7 Å². The predicted octanol–water partition coefficient (Wildman–Crippen LogP) is 2.62. The van der Waals surface area contributed by atoms with E-state index in [4.69, 9.17) is 4.74 Å². The molecule has 2 aromatic rings. The fourth-order valence-corrected chi connectivity index (χ4v) is 3.10. The van der Waals surface area contributed by atoms with E-state index in [1.807, 2.05) is 0 Å². The lowest BCUT2D eigenvalue weighted by Gasteiger charge is -2.19. The van der Waals surface area contributed by atoms with E-state index in [0.29, 0.717) is 0 Å². The van der Waals surface area contributed by atoms with Gasteiger partial charge in [-0.25, -0.2) is 0 Å². The molecule has 0 fully saturated rings. The van der Waals surface area contributed by atoms with E-state index in [2.05, 4.69) is 35.9 Å². The molecule has 18 heavy (non-hydrogen) atoms. The summed E-state index contributed by atoms with van der Waals surface area (Å²) in [6, 6.07) is 4.43. The van der Waals surface area contributed by atoms with Gasteiger partial charge in [-0.3, -0.25) is 0 Å². The van der Waals surface area contributed by atoms with E-state index in [1.54, 1.807) is 7.11 Å². The number of ether oxygens (including phenoxy) is 1. The number of benzene rings is 1. The molecule has 3 heteroatoms. The molecule has 2 heterocycles. The smallest absolute Gasteiger partial charge is 0.143 e. The molecule has 1 aromatic heterocycles. The van der Waals surface area contributed by atoms with Crippen LogP contribution in [0.3, 0.4) is 0 Å². The summed E-state index contributed by atoms with van der Waals surface area (Å²) in [6.07, 6.45) is 1.08. The van der Waals surface area contributed by atoms with Crippen molar-refractivity contribution < 1.29 is 4.74 Å². The van der Waals surface area contributed by atoms with E-state index in [0.717, 1.165) is 31.8 Å². The molecule has 1 N–H and O–H groups in total. The third-order valence-corrected chi connectivity index (χ3v) is 3.87. The van der Waals surface area contributed by atoms with Gasteiger partial charge in [0.1, 0.15) is 5.75 Å². The van der Waals surface area contributed by atoms with Crippen LogP contribution in [-0.2, 0) is 19.5 Å². The van der Waals surface area contributed by atoms with Gasteiger partial charge in [0.15, 0.2) is 0 Å². The Morgan fingerprint density at radius 2 is 2.22 bits per heavy atom. The van der Waals surface area contributed by atoms with Crippen LogP contribution in [0.2, 0.25) is 0 Å². The molecule has 1 aromatic carbocycles. The van der Waals surface area contributed by atoms with Crippen LogP contribution in [0.4, 0.5) is 0 Å². The Kier molecular flexibility index (Phi) is 2.78. The molecule has 0 atom stereocenters. The Bertz CT molecular complexity index is 598. The lowest BCUT2D eigenvalue weighted by Crippen LogP contribution is -2.28. The summed E-state index contributed by atoms with van der Waals surface area (Å²) < 4.78 is 8.02. The van der Waals surface area contributed by atoms with Crippen LogP contribution < -0.4 is 10.1 Å². The van der Waals surface area contributed by atoms with Crippen molar-refractivity contribution in [2.24, 2.45) is 0 Å². The maximum Gasteiger partial charge on any atom is 0.143 e. The first-order valence-corrected chi connectivity index (χ1v) is 6.65. The highest BCUT2D eigenvalue weighted by Gasteiger charge is 2.21. The standard InChI is InChI=1S/C15H20N2O/c1-4-11-12-7-10(2)8-14(18-3)15(12)17-6-5-16-9-13(11)17/h7-8,16H,4-6,9H2,1-3H3. The third-order valence-electron chi connectivity index (χ3n) is 3.87. The first kappa shape index (κ1) is 11.6. The first-order chi connectivity index (χ1) is 8.76. The van der Waals surface area contributed by atoms with Gasteiger partial charge in [0.25, 0.3) is 0 Å². The molecule has 3 rings (SSSR count). The quantitative estimate of drug-likeness (QED) is 0.879. The monoisotopic (exact) mass is 244 g/mol. The molecular formula is C15H20N2O. The van der Waals surface area contributed by atoms with E-state index >= 15 is 0 Å². The van der Waals surface area contributed by atoms with E-state index in [-0.39, 0.29) is 0 Å². The summed E-state index contributed by atoms with van der Waals surface area (Å²) in [6.45, 7) is 7.41. The molecule has 0 radical (unpaired) electrons. The van der Waals surface area contributed by atoms with Crippen molar-refractivity contribution in [3.8, 4) is 5.75 Å². The number of methoxy groups -OCH3 is 1. The summed E-state index contributed by atoms with van der Waals surface area (Å²) in [5.41, 5.74) is 5.45. The summed E-state index contributed by atoms with van der Waals surface area (Å²) in [7, 11) is 1.76. The van der Waals surface area contributed by atoms with Crippen LogP contribution in [-0.4, -0.2) is 18.2 Å². The summed E-state index contributed by atoms with van der Waals surface area (Å²) in [5.74, 6) is 1.01. The number of rotatable bonds is 2. The van der Waals surface area contributed by atoms with Crippen LogP contribution in [0.1, 0.15) is 23.7 Å². The number of nitrogens with zero attached hydrogens (tertiary/aromatic N) is 1. The molecule has 0 unspecified atom stereocenters. The number of hydrogen-bond acceptors (Lipinski definition) is 2. The SMILES string of the molecule is CCc1c2n(c3c(OC)cc(C)cc13)CCNC2. The second-order valence-corrected chi connectivity index (χ2v) is 4.97. The average molecular weight is 244 g/mol. The van der Waals surface area contributed by atoms with Gasteiger partial charge in [0.05, 0.1) is 12.6 Å². The summed E-state index contributed by atoms with van der Waals surface area (Å²) >= 11 is 0. The normalized spacial score (nSPS) is 14.8. The van der Waals surface area contributed by atoms with Crippen LogP contribution in [0.15, 0.2) is 12.1 Å². The minimum Gasteiger partial charge on any atom is -0.495 e. The minimum atomic E-state index is 0.972. The number of nitrogens with one attached hydrogen (secondary N) is 1. The number of aryl methyl sites for hydroxylation is 2. The topological polar surface area (TPSA) is 26.2 Å². The molecule has 0 aliphatic carbocycles. The van der Waals surface area contributed by atoms with Gasteiger partial charge in [-0.15, -0.1) is 0 Å². The van der Waals surface area contributed by atoms with Crippen molar-refractivity contribution in [2.75, 3.05) is 13.7 Å². The molecule has 1 aliphatic rings. The van der Waals surface area contributed by atoms with Crippen molar-refractivity contribution in [3.05, 3.63) is 29.0 Å². The Morgan fingerprint density at radius 3 is 2.94 bits per heavy atom. The van der Waals surface area contributed by atoms with Gasteiger partial charge in [0.2, 0.25) is 0 Å². The van der Waals surface area contributed by atoms with Crippen molar-refractivity contribution in [2.45, 2.75) is 33.4 Å². The molecule has 0 bridgehead atoms. The molecule has 1 aliphatic heterocycles. The molecule has 0 saturated heterocycles. The van der Waals surface area contributed by atoms with Crippen molar-refractivity contribution in [1.82, 2.24) is 9.88 Å². The van der Waals surface area contributed by atoms with Crippen molar-refractivity contribution >= 4 is 10.9 Å². The van der Waals surface area contributed by atoms with E-state index in [1.165, 1.54) is 27.7 Å². The lowest BCUT2D eigenvalue weighted by molar-refractivity contribution is 0.415. The maximum absolute atomic E-state index is 5.59. The van der Waals surface area contributed by atoms with Crippen LogP contribution in [0.25, 0.3) is 10.9 Å². The zero-order valence-electron chi connectivity index (χ0n) is 11.3. The Hall–Kier alpha value is -1.48. The second kappa shape index (κ2) is 4.32. The molecule has 0 spiro atoms. The highest BCUT2D eigenvalue weighted by atomic mass is 16.5. The number of hydrogen-bond donors (Lipinski definition) is 1. The summed E-state index contributed by atoms with van der Waals surface area (Å²) in [4.78, 5) is 0. The molecule has 3 nitrogen and oxygen atoms in total. The fourth-order valence-electron chi connectivity index (χ4n) is 3.10. The fraction of sp³-hybridized carbons (Fsp3) is 0.467. The molecule has 0 amide bonds. The second-order valence-electron chi connectivity index (χ2n) is 4.97. The number of fused-ring (bicyclic) bond motifs is 3. The van der Waals surface area contributed by atoms with Crippen molar-refractivity contribution in [3.63, 3.8) is 0 Å². The predicted molar refractivity (Wildman–Crippen MR) is 74.3 cm³/mol. The Labute approximate surface area is 108 Å². The molecular weight excluding hydrogens is 224 g/mol. The van der Waals surface area contributed by atoms with Crippen LogP contribution in [0, 0.1) is 6.92 Å². The van der Waals surface area contributed by atoms with Crippen LogP contribution in [0.5, 0.6) is 5.75 Å². The lowest BCUT2D eigenvalue weighted by atomic mass is 10.1. The Balaban J connectivity index is 2.41. The first-order valence-electron chi connectivity index (χ1n) is 6.65. The van der Waals surface area contributed by atoms with Crippen molar-refractivity contribution in [1.29, 1.82) is 0 Å². The highest BCUT2D eigenvalue weighted by Crippen LogP contribution is 2.35. The maximum atomic E-state index is 5.59. The Morgan fingerprint density at radius 1 is 1.39 bits per heavy atom. The minimum absolute atomic E-state index is 0.972. The molecule has 0 saturated carbocycles. The highest BCUT2D eigenvalue weighted by molar-refractivity contribution is 5.91. The van der Waals surface area contributed by atoms with E-state index < -0.39 is 0 Å². The van der Waals surface area contributed by atoms with Gasteiger partial charge in [-0.2, -0.15) is 0 Å². The van der Waals surface area contributed by atoms with Gasteiger partial charge in [-0.05, 0) is 36.6 Å². The number of aromatic nitrogens is 1. The largest absolute Gasteiger partial charge is 0.495 e. The third kappa shape index (κ3) is 1.54. The zero-order chi connectivity index (χ0) is 12.7. The van der Waals surface area contributed by atoms with E-state index in [9.17, 15) is 0 Å². The van der Waals surface area contributed by atoms with Crippen LogP contribution >= 0.6 is 0 Å². The summed E-state index contributed by atoms with van der Waals surface area (Å²) in [5, 5.41) is 4.84. The van der Waals surface area contributed by atoms with Gasteiger partial charge in [-0.1, -0.05) is 6.92 Å². The van der Waals surface area contributed by atoms with Gasteiger partial charge >= 0.3 is 0 Å². The molecule has 96 valence electrons. The average Bonchev–Trinajstić information content (AvgIpc) is 2.71.